The molecule has 1 saturated heterocycles. The Morgan fingerprint density at radius 2 is 1.94 bits per heavy atom. The van der Waals surface area contributed by atoms with Crippen LogP contribution in [0.25, 0.3) is 10.4 Å². The molecule has 2 aromatic rings. The normalized spacial score (nSPS) is 17.3. The second kappa shape index (κ2) is 9.60. The molecule has 1 aliphatic heterocycles. The van der Waals surface area contributed by atoms with Gasteiger partial charge in [0.05, 0.1) is 10.4 Å². The van der Waals surface area contributed by atoms with Gasteiger partial charge in [-0.3, -0.25) is 19.4 Å². The van der Waals surface area contributed by atoms with Crippen LogP contribution in [0.5, 0.6) is 0 Å². The fourth-order valence-electron chi connectivity index (χ4n) is 3.77. The Hall–Kier alpha value is -2.74. The monoisotopic (exact) mass is 442 g/mol. The number of nitrogens with zero attached hydrogens (tertiary/aromatic N) is 2. The number of carbonyl (C=O) groups excluding carboxylic acids is 3. The van der Waals surface area contributed by atoms with E-state index in [4.69, 9.17) is 0 Å². The first-order valence-electron chi connectivity index (χ1n) is 10.5. The number of likely N-dealkylation sites (tertiary alicyclic amines) is 1. The highest BCUT2D eigenvalue weighted by molar-refractivity contribution is 7.13. The molecule has 31 heavy (non-hydrogen) atoms. The van der Waals surface area contributed by atoms with Crippen LogP contribution in [0.1, 0.15) is 46.1 Å². The molecule has 3 amide bonds. The molecule has 1 aromatic carbocycles. The maximum atomic E-state index is 13.2. The summed E-state index contributed by atoms with van der Waals surface area (Å²) >= 11 is 1.58. The van der Waals surface area contributed by atoms with Gasteiger partial charge in [-0.25, -0.2) is 0 Å². The first-order valence-corrected chi connectivity index (χ1v) is 11.4. The summed E-state index contributed by atoms with van der Waals surface area (Å²) in [6.45, 7) is 8.05. The highest BCUT2D eigenvalue weighted by Gasteiger charge is 2.41. The van der Waals surface area contributed by atoms with E-state index in [-0.39, 0.29) is 17.7 Å². The van der Waals surface area contributed by atoms with Crippen molar-refractivity contribution in [3.63, 3.8) is 0 Å². The molecule has 7 nitrogen and oxygen atoms in total. The van der Waals surface area contributed by atoms with Crippen LogP contribution in [0, 0.1) is 5.41 Å². The Morgan fingerprint density at radius 3 is 2.52 bits per heavy atom. The molecule has 0 saturated carbocycles. The molecular weight excluding hydrogens is 412 g/mol. The number of aromatic nitrogens is 1. The lowest BCUT2D eigenvalue weighted by atomic mass is 9.85. The predicted octanol–water partition coefficient (Wildman–Crippen LogP) is 2.97. The number of amides is 3. The van der Waals surface area contributed by atoms with E-state index < -0.39 is 17.5 Å². The average Bonchev–Trinajstić information content (AvgIpc) is 3.41. The number of hydrogen-bond acceptors (Lipinski definition) is 5. The lowest BCUT2D eigenvalue weighted by Gasteiger charge is -2.35. The first-order chi connectivity index (χ1) is 14.7. The quantitative estimate of drug-likeness (QED) is 0.720. The van der Waals surface area contributed by atoms with Crippen molar-refractivity contribution in [1.82, 2.24) is 20.5 Å². The molecule has 0 aliphatic carbocycles. The number of thiazole rings is 1. The van der Waals surface area contributed by atoms with Crippen molar-refractivity contribution in [2.75, 3.05) is 6.54 Å². The zero-order valence-corrected chi connectivity index (χ0v) is 19.3. The zero-order chi connectivity index (χ0) is 22.6. The van der Waals surface area contributed by atoms with E-state index in [2.05, 4.69) is 15.6 Å². The van der Waals surface area contributed by atoms with Crippen LogP contribution in [0.4, 0.5) is 0 Å². The van der Waals surface area contributed by atoms with Gasteiger partial charge in [0.1, 0.15) is 12.1 Å². The van der Waals surface area contributed by atoms with Crippen molar-refractivity contribution in [2.45, 2.75) is 59.2 Å². The van der Waals surface area contributed by atoms with Crippen molar-refractivity contribution in [2.24, 2.45) is 5.41 Å². The van der Waals surface area contributed by atoms with E-state index in [1.54, 1.807) is 21.7 Å². The van der Waals surface area contributed by atoms with Crippen LogP contribution in [0.15, 0.2) is 36.0 Å². The van der Waals surface area contributed by atoms with E-state index in [1.165, 1.54) is 6.92 Å². The maximum Gasteiger partial charge on any atom is 0.246 e. The largest absolute Gasteiger partial charge is 0.350 e. The molecular formula is C23H30N4O3S. The van der Waals surface area contributed by atoms with Crippen LogP contribution in [0.3, 0.4) is 0 Å². The predicted molar refractivity (Wildman–Crippen MR) is 121 cm³/mol. The second-order valence-electron chi connectivity index (χ2n) is 8.97. The van der Waals surface area contributed by atoms with E-state index >= 15 is 0 Å². The number of benzene rings is 1. The van der Waals surface area contributed by atoms with Crippen molar-refractivity contribution >= 4 is 29.1 Å². The van der Waals surface area contributed by atoms with Crippen LogP contribution in [-0.2, 0) is 20.9 Å². The lowest BCUT2D eigenvalue weighted by Crippen LogP contribution is -2.57. The summed E-state index contributed by atoms with van der Waals surface area (Å²) in [7, 11) is 0. The summed E-state index contributed by atoms with van der Waals surface area (Å²) in [5, 5.41) is 5.73. The van der Waals surface area contributed by atoms with Gasteiger partial charge in [-0.05, 0) is 29.4 Å². The summed E-state index contributed by atoms with van der Waals surface area (Å²) in [5.41, 5.74) is 3.43. The highest BCUT2D eigenvalue weighted by Crippen LogP contribution is 2.26. The molecule has 2 atom stereocenters. The van der Waals surface area contributed by atoms with Crippen LogP contribution < -0.4 is 10.6 Å². The smallest absolute Gasteiger partial charge is 0.246 e. The van der Waals surface area contributed by atoms with Gasteiger partial charge in [0, 0.05) is 26.2 Å². The Labute approximate surface area is 187 Å². The molecule has 0 spiro atoms. The molecule has 1 aliphatic rings. The summed E-state index contributed by atoms with van der Waals surface area (Å²) in [6, 6.07) is 6.82. The molecule has 1 fully saturated rings. The fourth-order valence-corrected chi connectivity index (χ4v) is 4.40. The van der Waals surface area contributed by atoms with Gasteiger partial charge in [-0.15, -0.1) is 11.3 Å². The Bertz CT molecular complexity index is 919. The maximum absolute atomic E-state index is 13.2. The summed E-state index contributed by atoms with van der Waals surface area (Å²) in [4.78, 5) is 44.5. The highest BCUT2D eigenvalue weighted by atomic mass is 32.1. The standard InChI is InChI=1S/C23H30N4O3S/c1-15(28)26-20(23(2,3)4)22(30)27-11-5-6-18(27)21(29)25-12-16-7-9-17(10-8-16)19-13-24-14-31-19/h7-10,13-14,18,20H,5-6,11-12H2,1-4H3,(H,25,29)(H,26,28). The minimum absolute atomic E-state index is 0.159. The molecule has 2 unspecified atom stereocenters. The van der Waals surface area contributed by atoms with E-state index in [1.807, 2.05) is 51.2 Å². The van der Waals surface area contributed by atoms with Gasteiger partial charge in [0.2, 0.25) is 17.7 Å². The number of rotatable bonds is 6. The van der Waals surface area contributed by atoms with Gasteiger partial charge < -0.3 is 15.5 Å². The van der Waals surface area contributed by atoms with E-state index in [0.717, 1.165) is 22.4 Å². The topological polar surface area (TPSA) is 91.4 Å². The van der Waals surface area contributed by atoms with Crippen molar-refractivity contribution in [3.8, 4) is 10.4 Å². The van der Waals surface area contributed by atoms with Gasteiger partial charge >= 0.3 is 0 Å². The van der Waals surface area contributed by atoms with Crippen LogP contribution in [-0.4, -0.2) is 46.2 Å². The number of nitrogens with one attached hydrogen (secondary N) is 2. The van der Waals surface area contributed by atoms with Crippen LogP contribution >= 0.6 is 11.3 Å². The van der Waals surface area contributed by atoms with Gasteiger partial charge in [0.15, 0.2) is 0 Å². The summed E-state index contributed by atoms with van der Waals surface area (Å²) in [5.74, 6) is -0.614. The van der Waals surface area contributed by atoms with Crippen molar-refractivity contribution < 1.29 is 14.4 Å². The number of hydrogen-bond donors (Lipinski definition) is 2. The third-order valence-electron chi connectivity index (χ3n) is 5.44. The van der Waals surface area contributed by atoms with Crippen molar-refractivity contribution in [1.29, 1.82) is 0 Å². The molecule has 3 rings (SSSR count). The van der Waals surface area contributed by atoms with E-state index in [9.17, 15) is 14.4 Å². The second-order valence-corrected chi connectivity index (χ2v) is 9.86. The molecule has 2 heterocycles. The minimum Gasteiger partial charge on any atom is -0.350 e. The zero-order valence-electron chi connectivity index (χ0n) is 18.5. The Kier molecular flexibility index (Phi) is 7.10. The summed E-state index contributed by atoms with van der Waals surface area (Å²) < 4.78 is 0. The molecule has 8 heteroatoms. The summed E-state index contributed by atoms with van der Waals surface area (Å²) in [6.07, 6.45) is 3.22. The molecule has 0 radical (unpaired) electrons. The van der Waals surface area contributed by atoms with E-state index in [0.29, 0.717) is 19.5 Å². The van der Waals surface area contributed by atoms with Crippen molar-refractivity contribution in [3.05, 3.63) is 41.5 Å². The SMILES string of the molecule is CC(=O)NC(C(=O)N1CCCC1C(=O)NCc1ccc(-c2cncs2)cc1)C(C)(C)C. The average molecular weight is 443 g/mol. The number of carbonyl (C=O) groups is 3. The minimum atomic E-state index is -0.669. The first kappa shape index (κ1) is 22.9. The van der Waals surface area contributed by atoms with Crippen LogP contribution in [0.2, 0.25) is 0 Å². The third kappa shape index (κ3) is 5.70. The Balaban J connectivity index is 1.62. The molecule has 1 aromatic heterocycles. The van der Waals surface area contributed by atoms with Gasteiger partial charge in [-0.2, -0.15) is 0 Å². The molecule has 2 N–H and O–H groups in total. The third-order valence-corrected chi connectivity index (χ3v) is 6.26. The van der Waals surface area contributed by atoms with Gasteiger partial charge in [0.25, 0.3) is 0 Å². The molecule has 0 bridgehead atoms. The molecule has 166 valence electrons. The fraction of sp³-hybridized carbons (Fsp3) is 0.478. The Morgan fingerprint density at radius 1 is 1.23 bits per heavy atom. The van der Waals surface area contributed by atoms with Gasteiger partial charge in [-0.1, -0.05) is 45.0 Å². The lowest BCUT2D eigenvalue weighted by molar-refractivity contribution is -0.143.